The monoisotopic (exact) mass is 656 g/mol. The summed E-state index contributed by atoms with van der Waals surface area (Å²) < 4.78 is 0. The second kappa shape index (κ2) is 18.4. The predicted octanol–water partition coefficient (Wildman–Crippen LogP) is 3.48. The van der Waals surface area contributed by atoms with Crippen molar-refractivity contribution in [1.29, 1.82) is 0 Å². The summed E-state index contributed by atoms with van der Waals surface area (Å²) in [5.41, 5.74) is 7.89. The minimum Gasteiger partial charge on any atom is -1.00 e. The van der Waals surface area contributed by atoms with Crippen molar-refractivity contribution in [3.63, 3.8) is 0 Å². The summed E-state index contributed by atoms with van der Waals surface area (Å²) >= 11 is 0. The SMILES string of the molecule is C[Si]C.Cc1cc2c(-c3ccccc3)cccc2[cH-]1.Cc1cc2c(-c3ccccc3)cccc2[cH-]1.[Cl-].[Cl-].[Si].[Zr+2]. The Morgan fingerprint density at radius 2 is 0.846 bits per heavy atom. The van der Waals surface area contributed by atoms with Crippen LogP contribution in [0.3, 0.4) is 0 Å². The zero-order valence-electron chi connectivity index (χ0n) is 22.8. The standard InChI is InChI=1S/2C16H13.C2H6Si.2ClH.Si.Zr/c2*1-12-10-14-8-5-9-15(16(14)11-12)13-6-3-2-4-7-13;1-3-2;;;;/h2*2-11H,1H3;1-2H3;2*1H;;/q2*-1;;;;;+2/p-2. The van der Waals surface area contributed by atoms with E-state index in [1.807, 2.05) is 0 Å². The summed E-state index contributed by atoms with van der Waals surface area (Å²) in [6, 6.07) is 43.1. The van der Waals surface area contributed by atoms with Crippen molar-refractivity contribution >= 4 is 42.0 Å². The van der Waals surface area contributed by atoms with Crippen LogP contribution < -0.4 is 24.8 Å². The quantitative estimate of drug-likeness (QED) is 0.198. The molecule has 0 fully saturated rings. The molecule has 6 aromatic rings. The molecule has 0 bridgehead atoms. The van der Waals surface area contributed by atoms with Crippen LogP contribution >= 0.6 is 0 Å². The number of rotatable bonds is 2. The van der Waals surface area contributed by atoms with E-state index in [1.54, 1.807) is 0 Å². The summed E-state index contributed by atoms with van der Waals surface area (Å²) in [7, 11) is 1.08. The van der Waals surface area contributed by atoms with Gasteiger partial charge in [-0.15, -0.1) is 69.1 Å². The Hall–Kier alpha value is -2.00. The summed E-state index contributed by atoms with van der Waals surface area (Å²) in [4.78, 5) is 0. The molecule has 6 radical (unpaired) electrons. The fourth-order valence-corrected chi connectivity index (χ4v) is 4.51. The average Bonchev–Trinajstić information content (AvgIpc) is 3.46. The molecule has 0 aliphatic heterocycles. The van der Waals surface area contributed by atoms with Gasteiger partial charge in [0.05, 0.1) is 0 Å². The second-order valence-electron chi connectivity index (χ2n) is 8.91. The fourth-order valence-electron chi connectivity index (χ4n) is 4.51. The number of aryl methyl sites for hydroxylation is 2. The first kappa shape index (κ1) is 37.0. The Morgan fingerprint density at radius 3 is 1.18 bits per heavy atom. The Kier molecular flexibility index (Phi) is 17.4. The van der Waals surface area contributed by atoms with Crippen LogP contribution in [-0.4, -0.2) is 20.5 Å². The van der Waals surface area contributed by atoms with Crippen molar-refractivity contribution in [2.24, 2.45) is 0 Å². The molecule has 196 valence electrons. The van der Waals surface area contributed by atoms with Crippen molar-refractivity contribution in [3.8, 4) is 22.3 Å². The van der Waals surface area contributed by atoms with E-state index in [9.17, 15) is 0 Å². The van der Waals surface area contributed by atoms with Gasteiger partial charge in [-0.25, -0.2) is 0 Å². The van der Waals surface area contributed by atoms with E-state index in [0.29, 0.717) is 0 Å². The Bertz CT molecular complexity index is 1390. The van der Waals surface area contributed by atoms with Gasteiger partial charge in [-0.3, -0.25) is 0 Å². The van der Waals surface area contributed by atoms with Gasteiger partial charge in [0.2, 0.25) is 0 Å². The van der Waals surface area contributed by atoms with E-state index >= 15 is 0 Å². The number of halogens is 2. The molecule has 0 nitrogen and oxygen atoms in total. The molecule has 0 heterocycles. The van der Waals surface area contributed by atoms with Crippen molar-refractivity contribution in [2.45, 2.75) is 26.9 Å². The number of benzene rings is 4. The normalized spacial score (nSPS) is 9.33. The number of hydrogen-bond donors (Lipinski definition) is 0. The van der Waals surface area contributed by atoms with Crippen LogP contribution in [-0.2, 0) is 26.2 Å². The van der Waals surface area contributed by atoms with Gasteiger partial charge in [0, 0.05) is 20.5 Å². The van der Waals surface area contributed by atoms with E-state index in [0.717, 1.165) is 9.52 Å². The van der Waals surface area contributed by atoms with E-state index in [2.05, 4.69) is 148 Å². The van der Waals surface area contributed by atoms with E-state index in [4.69, 9.17) is 0 Å². The first-order valence-electron chi connectivity index (χ1n) is 12.1. The summed E-state index contributed by atoms with van der Waals surface area (Å²) in [5.74, 6) is 0. The third-order valence-electron chi connectivity index (χ3n) is 5.96. The van der Waals surface area contributed by atoms with Crippen LogP contribution in [0.1, 0.15) is 11.1 Å². The second-order valence-corrected chi connectivity index (χ2v) is 9.91. The Balaban J connectivity index is 0.000000616. The molecular weight excluding hydrogens is 627 g/mol. The number of hydrogen-bond acceptors (Lipinski definition) is 0. The minimum atomic E-state index is 0. The maximum Gasteiger partial charge on any atom is 2.00 e. The molecular formula is C34H32Cl2Si2Zr-2. The van der Waals surface area contributed by atoms with Gasteiger partial charge in [0.15, 0.2) is 0 Å². The van der Waals surface area contributed by atoms with Crippen molar-refractivity contribution in [3.05, 3.63) is 132 Å². The molecule has 6 aromatic carbocycles. The molecule has 39 heavy (non-hydrogen) atoms. The van der Waals surface area contributed by atoms with Crippen LogP contribution in [0.2, 0.25) is 13.1 Å². The Labute approximate surface area is 272 Å². The minimum absolute atomic E-state index is 0. The van der Waals surface area contributed by atoms with Gasteiger partial charge in [-0.05, 0) is 11.1 Å². The van der Waals surface area contributed by atoms with Crippen LogP contribution in [0, 0.1) is 13.8 Å². The van der Waals surface area contributed by atoms with Crippen LogP contribution in [0.15, 0.2) is 121 Å². The number of fused-ring (bicyclic) bond motifs is 2. The molecule has 0 atom stereocenters. The summed E-state index contributed by atoms with van der Waals surface area (Å²) in [6.07, 6.45) is 0. The molecule has 0 unspecified atom stereocenters. The zero-order chi connectivity index (χ0) is 24.6. The molecule has 0 aliphatic carbocycles. The molecule has 0 aliphatic rings. The molecule has 0 spiro atoms. The largest absolute Gasteiger partial charge is 2.00 e. The van der Waals surface area contributed by atoms with Crippen LogP contribution in [0.5, 0.6) is 0 Å². The average molecular weight is 659 g/mol. The van der Waals surface area contributed by atoms with Gasteiger partial charge < -0.3 is 24.8 Å². The third kappa shape index (κ3) is 9.55. The first-order valence-corrected chi connectivity index (χ1v) is 14.1. The van der Waals surface area contributed by atoms with Crippen molar-refractivity contribution in [1.82, 2.24) is 0 Å². The molecule has 0 amide bonds. The van der Waals surface area contributed by atoms with Crippen LogP contribution in [0.4, 0.5) is 0 Å². The van der Waals surface area contributed by atoms with Gasteiger partial charge in [0.25, 0.3) is 0 Å². The Morgan fingerprint density at radius 1 is 0.513 bits per heavy atom. The van der Waals surface area contributed by atoms with Gasteiger partial charge in [0.1, 0.15) is 0 Å². The van der Waals surface area contributed by atoms with Gasteiger partial charge in [-0.1, -0.05) is 111 Å². The molecule has 5 heteroatoms. The van der Waals surface area contributed by atoms with Crippen molar-refractivity contribution < 1.29 is 51.0 Å². The summed E-state index contributed by atoms with van der Waals surface area (Å²) in [6.45, 7) is 8.60. The van der Waals surface area contributed by atoms with Gasteiger partial charge >= 0.3 is 26.2 Å². The molecule has 0 N–H and O–H groups in total. The first-order chi connectivity index (χ1) is 17.1. The van der Waals surface area contributed by atoms with E-state index in [1.165, 1.54) is 54.9 Å². The van der Waals surface area contributed by atoms with Crippen molar-refractivity contribution in [2.75, 3.05) is 0 Å². The van der Waals surface area contributed by atoms with Crippen LogP contribution in [0.25, 0.3) is 43.8 Å². The molecule has 0 saturated heterocycles. The van der Waals surface area contributed by atoms with E-state index < -0.39 is 0 Å². The third-order valence-corrected chi connectivity index (χ3v) is 5.96. The summed E-state index contributed by atoms with van der Waals surface area (Å²) in [5, 5.41) is 5.37. The maximum absolute atomic E-state index is 2.26. The zero-order valence-corrected chi connectivity index (χ0v) is 28.8. The molecule has 0 aromatic heterocycles. The molecule has 6 rings (SSSR count). The van der Waals surface area contributed by atoms with Gasteiger partial charge in [-0.2, -0.15) is 12.1 Å². The topological polar surface area (TPSA) is 0 Å². The van der Waals surface area contributed by atoms with E-state index in [-0.39, 0.29) is 62.0 Å². The molecule has 0 saturated carbocycles. The predicted molar refractivity (Wildman–Crippen MR) is 163 cm³/mol. The smallest absolute Gasteiger partial charge is 1.00 e. The fraction of sp³-hybridized carbons (Fsp3) is 0.118. The maximum atomic E-state index is 2.26.